The molecule has 106 valence electrons. The molecule has 4 nitrogen and oxygen atoms in total. The molecule has 0 aliphatic rings. The van der Waals surface area contributed by atoms with Crippen molar-refractivity contribution in [2.24, 2.45) is 5.41 Å². The fourth-order valence-electron chi connectivity index (χ4n) is 1.89. The number of hydrogen-bond acceptors (Lipinski definition) is 3. The summed E-state index contributed by atoms with van der Waals surface area (Å²) in [6.07, 6.45) is 3.05. The fourth-order valence-corrected chi connectivity index (χ4v) is 2.60. The van der Waals surface area contributed by atoms with Gasteiger partial charge in [-0.1, -0.05) is 13.8 Å². The van der Waals surface area contributed by atoms with Crippen LogP contribution in [0.1, 0.15) is 40.0 Å². The normalized spacial score (nSPS) is 13.2. The first-order chi connectivity index (χ1) is 8.34. The van der Waals surface area contributed by atoms with E-state index in [2.05, 4.69) is 0 Å². The Morgan fingerprint density at radius 1 is 1.33 bits per heavy atom. The van der Waals surface area contributed by atoms with E-state index in [0.717, 1.165) is 5.75 Å². The van der Waals surface area contributed by atoms with Crippen molar-refractivity contribution < 1.29 is 14.7 Å². The molecule has 1 N–H and O–H groups in total. The van der Waals surface area contributed by atoms with E-state index in [1.54, 1.807) is 23.7 Å². The van der Waals surface area contributed by atoms with Gasteiger partial charge in [0.15, 0.2) is 0 Å². The van der Waals surface area contributed by atoms with Crippen LogP contribution in [-0.4, -0.2) is 47.0 Å². The van der Waals surface area contributed by atoms with Gasteiger partial charge in [0.05, 0.1) is 5.41 Å². The fraction of sp³-hybridized carbons (Fsp3) is 0.846. The van der Waals surface area contributed by atoms with Crippen LogP contribution in [0.5, 0.6) is 0 Å². The Labute approximate surface area is 114 Å². The lowest BCUT2D eigenvalue weighted by molar-refractivity contribution is -0.154. The summed E-state index contributed by atoms with van der Waals surface area (Å²) < 4.78 is 0. The standard InChI is InChI=1S/C13H25NO3S/c1-6-13(7-2,12(16)17)8-11(15)14(4)10(3)9-18-5/h10H,6-9H2,1-5H3,(H,16,17). The van der Waals surface area contributed by atoms with E-state index in [1.165, 1.54) is 0 Å². The van der Waals surface area contributed by atoms with Crippen molar-refractivity contribution in [1.29, 1.82) is 0 Å². The summed E-state index contributed by atoms with van der Waals surface area (Å²) in [4.78, 5) is 25.2. The third kappa shape index (κ3) is 4.19. The van der Waals surface area contributed by atoms with Gasteiger partial charge in [0.2, 0.25) is 5.91 Å². The quantitative estimate of drug-likeness (QED) is 0.739. The lowest BCUT2D eigenvalue weighted by atomic mass is 9.79. The first-order valence-corrected chi connectivity index (χ1v) is 7.72. The predicted octanol–water partition coefficient (Wildman–Crippen LogP) is 2.48. The molecule has 0 aliphatic heterocycles. The lowest BCUT2D eigenvalue weighted by Gasteiger charge is -2.31. The van der Waals surface area contributed by atoms with Gasteiger partial charge < -0.3 is 10.0 Å². The van der Waals surface area contributed by atoms with E-state index >= 15 is 0 Å². The van der Waals surface area contributed by atoms with Crippen LogP contribution in [0.3, 0.4) is 0 Å². The van der Waals surface area contributed by atoms with E-state index in [0.29, 0.717) is 12.8 Å². The lowest BCUT2D eigenvalue weighted by Crippen LogP contribution is -2.42. The van der Waals surface area contributed by atoms with Gasteiger partial charge in [0, 0.05) is 25.3 Å². The maximum Gasteiger partial charge on any atom is 0.310 e. The second kappa shape index (κ2) is 7.67. The monoisotopic (exact) mass is 275 g/mol. The molecule has 0 saturated heterocycles. The maximum absolute atomic E-state index is 12.2. The highest BCUT2D eigenvalue weighted by Crippen LogP contribution is 2.31. The van der Waals surface area contributed by atoms with Gasteiger partial charge in [0.25, 0.3) is 0 Å². The zero-order valence-electron chi connectivity index (χ0n) is 12.0. The molecule has 0 spiro atoms. The SMILES string of the molecule is CCC(CC)(CC(=O)N(C)C(C)CSC)C(=O)O. The number of hydrogen-bond donors (Lipinski definition) is 1. The molecule has 1 unspecified atom stereocenters. The van der Waals surface area contributed by atoms with Crippen molar-refractivity contribution in [3.05, 3.63) is 0 Å². The largest absolute Gasteiger partial charge is 0.481 e. The average molecular weight is 275 g/mol. The maximum atomic E-state index is 12.2. The minimum absolute atomic E-state index is 0.0809. The van der Waals surface area contributed by atoms with Gasteiger partial charge in [-0.2, -0.15) is 11.8 Å². The van der Waals surface area contributed by atoms with Crippen LogP contribution in [0.2, 0.25) is 0 Å². The Morgan fingerprint density at radius 3 is 2.17 bits per heavy atom. The van der Waals surface area contributed by atoms with Crippen LogP contribution >= 0.6 is 11.8 Å². The summed E-state index contributed by atoms with van der Waals surface area (Å²) in [5.41, 5.74) is -0.912. The third-order valence-corrected chi connectivity index (χ3v) is 4.58. The van der Waals surface area contributed by atoms with E-state index in [9.17, 15) is 14.7 Å². The van der Waals surface area contributed by atoms with E-state index in [1.807, 2.05) is 27.0 Å². The van der Waals surface area contributed by atoms with Crippen LogP contribution in [-0.2, 0) is 9.59 Å². The van der Waals surface area contributed by atoms with Gasteiger partial charge in [0.1, 0.15) is 0 Å². The molecule has 1 amide bonds. The van der Waals surface area contributed by atoms with Crippen molar-refractivity contribution >= 4 is 23.6 Å². The second-order valence-electron chi connectivity index (χ2n) is 4.78. The van der Waals surface area contributed by atoms with Crippen LogP contribution in [0.4, 0.5) is 0 Å². The molecule has 0 aromatic rings. The van der Waals surface area contributed by atoms with Gasteiger partial charge in [-0.15, -0.1) is 0 Å². The molecule has 0 rings (SSSR count). The minimum Gasteiger partial charge on any atom is -0.481 e. The summed E-state index contributed by atoms with van der Waals surface area (Å²) in [7, 11) is 1.75. The number of nitrogens with zero attached hydrogens (tertiary/aromatic N) is 1. The molecule has 0 fully saturated rings. The number of aliphatic carboxylic acids is 1. The van der Waals surface area contributed by atoms with Gasteiger partial charge >= 0.3 is 5.97 Å². The zero-order chi connectivity index (χ0) is 14.3. The summed E-state index contributed by atoms with van der Waals surface area (Å²) in [5, 5.41) is 9.32. The number of carbonyl (C=O) groups is 2. The number of thioether (sulfide) groups is 1. The first kappa shape index (κ1) is 17.3. The van der Waals surface area contributed by atoms with Crippen LogP contribution < -0.4 is 0 Å². The minimum atomic E-state index is -0.912. The van der Waals surface area contributed by atoms with Crippen molar-refractivity contribution in [3.8, 4) is 0 Å². The van der Waals surface area contributed by atoms with Crippen LogP contribution in [0.15, 0.2) is 0 Å². The molecule has 1 atom stereocenters. The van der Waals surface area contributed by atoms with Crippen molar-refractivity contribution in [1.82, 2.24) is 4.90 Å². The number of amides is 1. The second-order valence-corrected chi connectivity index (χ2v) is 5.69. The molecular formula is C13H25NO3S. The number of carboxylic acid groups (broad SMARTS) is 1. The highest BCUT2D eigenvalue weighted by molar-refractivity contribution is 7.98. The summed E-state index contributed by atoms with van der Waals surface area (Å²) in [5.74, 6) is -0.0879. The molecule has 0 aromatic heterocycles. The number of carbonyl (C=O) groups excluding carboxylic acids is 1. The van der Waals surface area contributed by atoms with Gasteiger partial charge in [-0.25, -0.2) is 0 Å². The number of rotatable bonds is 8. The first-order valence-electron chi connectivity index (χ1n) is 6.32. The molecule has 0 aliphatic carbocycles. The van der Waals surface area contributed by atoms with Gasteiger partial charge in [-0.05, 0) is 26.0 Å². The third-order valence-electron chi connectivity index (χ3n) is 3.76. The van der Waals surface area contributed by atoms with E-state index in [-0.39, 0.29) is 18.4 Å². The highest BCUT2D eigenvalue weighted by Gasteiger charge is 2.38. The Morgan fingerprint density at radius 2 is 1.83 bits per heavy atom. The van der Waals surface area contributed by atoms with Crippen molar-refractivity contribution in [3.63, 3.8) is 0 Å². The highest BCUT2D eigenvalue weighted by atomic mass is 32.2. The van der Waals surface area contributed by atoms with Gasteiger partial charge in [-0.3, -0.25) is 9.59 Å². The Hall–Kier alpha value is -0.710. The van der Waals surface area contributed by atoms with Crippen molar-refractivity contribution in [2.45, 2.75) is 46.1 Å². The molecule has 18 heavy (non-hydrogen) atoms. The number of carboxylic acids is 1. The molecule has 0 saturated carbocycles. The summed E-state index contributed by atoms with van der Waals surface area (Å²) >= 11 is 1.68. The predicted molar refractivity (Wildman–Crippen MR) is 75.9 cm³/mol. The Bertz CT molecular complexity index is 290. The smallest absolute Gasteiger partial charge is 0.310 e. The zero-order valence-corrected chi connectivity index (χ0v) is 12.8. The summed E-state index contributed by atoms with van der Waals surface area (Å²) in [6.45, 7) is 5.64. The summed E-state index contributed by atoms with van der Waals surface area (Å²) in [6, 6.07) is 0.132. The van der Waals surface area contributed by atoms with Crippen LogP contribution in [0.25, 0.3) is 0 Å². The van der Waals surface area contributed by atoms with E-state index < -0.39 is 11.4 Å². The Balaban J connectivity index is 4.75. The molecule has 0 bridgehead atoms. The van der Waals surface area contributed by atoms with Crippen molar-refractivity contribution in [2.75, 3.05) is 19.1 Å². The molecular weight excluding hydrogens is 250 g/mol. The topological polar surface area (TPSA) is 57.6 Å². The molecule has 5 heteroatoms. The molecule has 0 aromatic carbocycles. The molecule has 0 radical (unpaired) electrons. The van der Waals surface area contributed by atoms with E-state index in [4.69, 9.17) is 0 Å². The average Bonchev–Trinajstić information content (AvgIpc) is 2.34. The van der Waals surface area contributed by atoms with Crippen LogP contribution in [0, 0.1) is 5.41 Å². The Kier molecular flexibility index (Phi) is 7.36. The molecule has 0 heterocycles.